The van der Waals surface area contributed by atoms with Gasteiger partial charge >= 0.3 is 5.97 Å². The van der Waals surface area contributed by atoms with Gasteiger partial charge in [0.05, 0.1) is 5.75 Å². The predicted molar refractivity (Wildman–Crippen MR) is 70.8 cm³/mol. The van der Waals surface area contributed by atoms with Gasteiger partial charge in [0.15, 0.2) is 5.16 Å². The molecule has 1 N–H and O–H groups in total. The van der Waals surface area contributed by atoms with E-state index in [0.29, 0.717) is 4.75 Å². The standard InChI is InChI=1S/C11H16N2O2S2/c1-8-5-12-10(17-6-9(14)15)13(8)7-11(16-2)3-4-11/h5H,3-4,6-7H2,1-2H3,(H,14,15). The first-order chi connectivity index (χ1) is 8.06. The summed E-state index contributed by atoms with van der Waals surface area (Å²) < 4.78 is 2.51. The van der Waals surface area contributed by atoms with Gasteiger partial charge in [-0.2, -0.15) is 11.8 Å². The number of rotatable bonds is 6. The SMILES string of the molecule is CSC1(Cn2c(C)cnc2SCC(=O)O)CC1. The number of hydrogen-bond acceptors (Lipinski definition) is 4. The van der Waals surface area contributed by atoms with E-state index >= 15 is 0 Å². The number of carboxylic acid groups (broad SMARTS) is 1. The number of aromatic nitrogens is 2. The summed E-state index contributed by atoms with van der Waals surface area (Å²) in [5, 5.41) is 9.53. The third-order valence-electron chi connectivity index (χ3n) is 3.03. The maximum Gasteiger partial charge on any atom is 0.313 e. The van der Waals surface area contributed by atoms with E-state index in [2.05, 4.69) is 15.8 Å². The fourth-order valence-corrected chi connectivity index (χ4v) is 3.24. The van der Waals surface area contributed by atoms with Gasteiger partial charge in [0.2, 0.25) is 0 Å². The molecular weight excluding hydrogens is 256 g/mol. The van der Waals surface area contributed by atoms with Crippen LogP contribution in [0.1, 0.15) is 18.5 Å². The van der Waals surface area contributed by atoms with Crippen molar-refractivity contribution >= 4 is 29.5 Å². The molecule has 1 heterocycles. The van der Waals surface area contributed by atoms with Crippen molar-refractivity contribution < 1.29 is 9.90 Å². The van der Waals surface area contributed by atoms with E-state index in [1.807, 2.05) is 24.9 Å². The van der Waals surface area contributed by atoms with Gasteiger partial charge in [-0.1, -0.05) is 11.8 Å². The molecule has 0 radical (unpaired) electrons. The maximum atomic E-state index is 10.6. The molecular formula is C11H16N2O2S2. The molecule has 0 aromatic carbocycles. The molecule has 4 nitrogen and oxygen atoms in total. The van der Waals surface area contributed by atoms with Crippen molar-refractivity contribution in [1.82, 2.24) is 9.55 Å². The van der Waals surface area contributed by atoms with E-state index in [1.54, 1.807) is 0 Å². The Balaban J connectivity index is 2.09. The van der Waals surface area contributed by atoms with Crippen LogP contribution in [0.25, 0.3) is 0 Å². The van der Waals surface area contributed by atoms with E-state index in [-0.39, 0.29) is 5.75 Å². The topological polar surface area (TPSA) is 55.1 Å². The number of carboxylic acids is 1. The van der Waals surface area contributed by atoms with Gasteiger partial charge in [0.1, 0.15) is 0 Å². The van der Waals surface area contributed by atoms with Gasteiger partial charge in [-0.15, -0.1) is 0 Å². The van der Waals surface area contributed by atoms with Crippen LogP contribution < -0.4 is 0 Å². The second kappa shape index (κ2) is 4.94. The Labute approximate surface area is 109 Å². The molecule has 6 heteroatoms. The van der Waals surface area contributed by atoms with Gasteiger partial charge in [-0.25, -0.2) is 4.98 Å². The van der Waals surface area contributed by atoms with Crippen molar-refractivity contribution in [3.63, 3.8) is 0 Å². The lowest BCUT2D eigenvalue weighted by Gasteiger charge is -2.16. The third-order valence-corrected chi connectivity index (χ3v) is 5.41. The Morgan fingerprint density at radius 1 is 1.65 bits per heavy atom. The summed E-state index contributed by atoms with van der Waals surface area (Å²) in [6, 6.07) is 0. The van der Waals surface area contributed by atoms with Crippen LogP contribution in [0.2, 0.25) is 0 Å². The number of aliphatic carboxylic acids is 1. The van der Waals surface area contributed by atoms with Crippen molar-refractivity contribution in [2.24, 2.45) is 0 Å². The van der Waals surface area contributed by atoms with Crippen LogP contribution in [0.4, 0.5) is 0 Å². The Morgan fingerprint density at radius 3 is 2.88 bits per heavy atom. The van der Waals surface area contributed by atoms with Gasteiger partial charge in [0, 0.05) is 23.2 Å². The first kappa shape index (κ1) is 12.8. The summed E-state index contributed by atoms with van der Waals surface area (Å²) in [6.07, 6.45) is 6.45. The molecule has 1 fully saturated rings. The van der Waals surface area contributed by atoms with Crippen molar-refractivity contribution in [3.05, 3.63) is 11.9 Å². The molecule has 0 saturated heterocycles. The highest BCUT2D eigenvalue weighted by Crippen LogP contribution is 2.49. The van der Waals surface area contributed by atoms with E-state index in [9.17, 15) is 4.79 Å². The first-order valence-electron chi connectivity index (χ1n) is 5.48. The summed E-state index contributed by atoms with van der Waals surface area (Å²) in [5.41, 5.74) is 1.11. The van der Waals surface area contributed by atoms with E-state index in [4.69, 9.17) is 5.11 Å². The average molecular weight is 272 g/mol. The summed E-state index contributed by atoms with van der Waals surface area (Å²) >= 11 is 3.20. The van der Waals surface area contributed by atoms with Gasteiger partial charge in [-0.3, -0.25) is 4.79 Å². The Bertz CT molecular complexity index is 427. The second-order valence-corrected chi connectivity index (χ2v) is 6.55. The van der Waals surface area contributed by atoms with Crippen LogP contribution in [-0.4, -0.2) is 37.4 Å². The Kier molecular flexibility index (Phi) is 3.73. The lowest BCUT2D eigenvalue weighted by molar-refractivity contribution is -0.133. The van der Waals surface area contributed by atoms with E-state index in [0.717, 1.165) is 17.4 Å². The van der Waals surface area contributed by atoms with E-state index in [1.165, 1.54) is 24.6 Å². The van der Waals surface area contributed by atoms with Gasteiger partial charge < -0.3 is 9.67 Å². The Hall–Kier alpha value is -0.620. The molecule has 0 aliphatic heterocycles. The van der Waals surface area contributed by atoms with Crippen molar-refractivity contribution in [2.45, 2.75) is 36.2 Å². The molecule has 0 atom stereocenters. The number of aryl methyl sites for hydroxylation is 1. The second-order valence-electron chi connectivity index (χ2n) is 4.34. The largest absolute Gasteiger partial charge is 0.481 e. The third kappa shape index (κ3) is 2.98. The molecule has 1 aromatic heterocycles. The number of nitrogens with zero attached hydrogens (tertiary/aromatic N) is 2. The molecule has 17 heavy (non-hydrogen) atoms. The minimum absolute atomic E-state index is 0.0721. The molecule has 0 bridgehead atoms. The minimum atomic E-state index is -0.798. The van der Waals surface area contributed by atoms with E-state index < -0.39 is 5.97 Å². The minimum Gasteiger partial charge on any atom is -0.481 e. The normalized spacial score (nSPS) is 17.1. The summed E-state index contributed by atoms with van der Waals surface area (Å²) in [6.45, 7) is 2.97. The molecule has 1 aliphatic rings. The van der Waals surface area contributed by atoms with Gasteiger partial charge in [0.25, 0.3) is 0 Å². The molecule has 0 unspecified atom stereocenters. The lowest BCUT2D eigenvalue weighted by atomic mass is 10.4. The molecule has 1 aliphatic carbocycles. The molecule has 94 valence electrons. The fraction of sp³-hybridized carbons (Fsp3) is 0.636. The maximum absolute atomic E-state index is 10.6. The monoisotopic (exact) mass is 272 g/mol. The average Bonchev–Trinajstić information content (AvgIpc) is 2.99. The van der Waals surface area contributed by atoms with Crippen LogP contribution >= 0.6 is 23.5 Å². The molecule has 1 saturated carbocycles. The van der Waals surface area contributed by atoms with Crippen LogP contribution in [0, 0.1) is 6.92 Å². The zero-order valence-electron chi connectivity index (χ0n) is 9.97. The molecule has 1 aromatic rings. The zero-order chi connectivity index (χ0) is 12.5. The van der Waals surface area contributed by atoms with Crippen molar-refractivity contribution in [3.8, 4) is 0 Å². The quantitative estimate of drug-likeness (QED) is 0.805. The number of thioether (sulfide) groups is 2. The lowest BCUT2D eigenvalue weighted by Crippen LogP contribution is -2.16. The highest BCUT2D eigenvalue weighted by molar-refractivity contribution is 8.00. The van der Waals surface area contributed by atoms with Crippen LogP contribution in [0.3, 0.4) is 0 Å². The smallest absolute Gasteiger partial charge is 0.313 e. The number of imidazole rings is 1. The first-order valence-corrected chi connectivity index (χ1v) is 7.69. The van der Waals surface area contributed by atoms with Crippen LogP contribution in [0.15, 0.2) is 11.4 Å². The molecule has 0 spiro atoms. The van der Waals surface area contributed by atoms with Gasteiger partial charge in [-0.05, 0) is 26.0 Å². The molecule has 2 rings (SSSR count). The number of hydrogen-bond donors (Lipinski definition) is 1. The number of carbonyl (C=O) groups is 1. The fourth-order valence-electron chi connectivity index (χ4n) is 1.73. The van der Waals surface area contributed by atoms with Crippen LogP contribution in [-0.2, 0) is 11.3 Å². The highest BCUT2D eigenvalue weighted by Gasteiger charge is 2.42. The van der Waals surface area contributed by atoms with Crippen LogP contribution in [0.5, 0.6) is 0 Å². The van der Waals surface area contributed by atoms with Crippen molar-refractivity contribution in [1.29, 1.82) is 0 Å². The van der Waals surface area contributed by atoms with Crippen molar-refractivity contribution in [2.75, 3.05) is 12.0 Å². The molecule has 0 amide bonds. The summed E-state index contributed by atoms with van der Waals surface area (Å²) in [5.74, 6) is -0.726. The summed E-state index contributed by atoms with van der Waals surface area (Å²) in [7, 11) is 0. The predicted octanol–water partition coefficient (Wildman–Crippen LogP) is 2.26. The highest BCUT2D eigenvalue weighted by atomic mass is 32.2. The zero-order valence-corrected chi connectivity index (χ0v) is 11.6. The summed E-state index contributed by atoms with van der Waals surface area (Å²) in [4.78, 5) is 14.9. The Morgan fingerprint density at radius 2 is 2.35 bits per heavy atom.